The highest BCUT2D eigenvalue weighted by Gasteiger charge is 2.47. The summed E-state index contributed by atoms with van der Waals surface area (Å²) >= 11 is 5.77. The summed E-state index contributed by atoms with van der Waals surface area (Å²) in [7, 11) is -5.16. The van der Waals surface area contributed by atoms with Crippen molar-refractivity contribution in [2.24, 2.45) is 0 Å². The molecule has 0 aliphatic rings. The molecule has 1 atom stereocenters. The first-order valence-electron chi connectivity index (χ1n) is 8.50. The number of halogens is 4. The molecule has 0 aliphatic heterocycles. The maximum absolute atomic E-state index is 12.7. The topological polar surface area (TPSA) is 177 Å². The Bertz CT molecular complexity index is 1130. The minimum Gasteiger partial charge on any atom is -0.456 e. The van der Waals surface area contributed by atoms with Crippen molar-refractivity contribution in [3.05, 3.63) is 62.7 Å². The molecule has 0 aliphatic carbocycles. The van der Waals surface area contributed by atoms with Crippen molar-refractivity contribution in [3.8, 4) is 11.5 Å². The highest BCUT2D eigenvalue weighted by molar-refractivity contribution is 7.52. The first-order valence-corrected chi connectivity index (χ1v) is 10.6. The van der Waals surface area contributed by atoms with E-state index in [1.54, 1.807) is 0 Å². The number of benzene rings is 2. The number of nitro benzene ring substituents is 1. The summed E-state index contributed by atoms with van der Waals surface area (Å²) < 4.78 is 59.0. The molecule has 0 saturated carbocycles. The maximum atomic E-state index is 12.7. The van der Waals surface area contributed by atoms with Crippen LogP contribution in [0, 0.1) is 10.1 Å². The van der Waals surface area contributed by atoms with E-state index < -0.39 is 58.1 Å². The van der Waals surface area contributed by atoms with Crippen molar-refractivity contribution < 1.29 is 56.9 Å². The average molecular weight is 516 g/mol. The zero-order valence-corrected chi connectivity index (χ0v) is 17.8. The molecule has 0 bridgehead atoms. The van der Waals surface area contributed by atoms with Gasteiger partial charge in [-0.15, -0.1) is 0 Å². The minimum absolute atomic E-state index is 0.313. The Kier molecular flexibility index (Phi) is 7.43. The summed E-state index contributed by atoms with van der Waals surface area (Å²) in [5.74, 6) is -6.14. The number of carbonyl (C=O) groups excluding carboxylic acids is 1. The molecule has 0 aromatic heterocycles. The summed E-state index contributed by atoms with van der Waals surface area (Å²) in [5.41, 5.74) is -5.23. The fourth-order valence-corrected chi connectivity index (χ4v) is 2.99. The molecular formula is C17H14ClF3NO10P. The quantitative estimate of drug-likeness (QED) is 0.140. The van der Waals surface area contributed by atoms with Crippen molar-refractivity contribution in [1.82, 2.24) is 0 Å². The van der Waals surface area contributed by atoms with Gasteiger partial charge in [0.1, 0.15) is 17.1 Å². The number of nitro groups is 1. The van der Waals surface area contributed by atoms with Crippen molar-refractivity contribution in [2.45, 2.75) is 24.7 Å². The summed E-state index contributed by atoms with van der Waals surface area (Å²) in [4.78, 5) is 40.6. The standard InChI is InChI=1S/C17H14ClF3NO10P/c1-8(33(28,29)30)17(24,25)32-15(23)11-7-10(3-4-13(11)22(26)27)31-14-5-2-9(6-12(14)18)16(19,20)21/h2-8,24-25H,1H3,(H2,28,29,30). The first kappa shape index (κ1) is 26.5. The van der Waals surface area contributed by atoms with Crippen LogP contribution in [0.3, 0.4) is 0 Å². The third kappa shape index (κ3) is 6.41. The number of nitrogens with zero attached hydrogens (tertiary/aromatic N) is 1. The zero-order chi connectivity index (χ0) is 25.4. The molecule has 2 aromatic rings. The van der Waals surface area contributed by atoms with Gasteiger partial charge in [0, 0.05) is 12.1 Å². The van der Waals surface area contributed by atoms with Crippen molar-refractivity contribution in [1.29, 1.82) is 0 Å². The summed E-state index contributed by atoms with van der Waals surface area (Å²) in [6.07, 6.45) is -4.68. The number of carbonyl (C=O) groups is 1. The Hall–Kier alpha value is -2.74. The molecule has 0 radical (unpaired) electrons. The molecular weight excluding hydrogens is 502 g/mol. The highest BCUT2D eigenvalue weighted by Crippen LogP contribution is 2.46. The van der Waals surface area contributed by atoms with Gasteiger partial charge in [0.25, 0.3) is 5.69 Å². The van der Waals surface area contributed by atoms with Crippen molar-refractivity contribution in [2.75, 3.05) is 0 Å². The van der Waals surface area contributed by atoms with Crippen LogP contribution >= 0.6 is 19.2 Å². The predicted octanol–water partition coefficient (Wildman–Crippen LogP) is 3.42. The molecule has 4 N–H and O–H groups in total. The van der Waals surface area contributed by atoms with Gasteiger partial charge in [-0.05, 0) is 31.2 Å². The van der Waals surface area contributed by atoms with Gasteiger partial charge in [0.15, 0.2) is 5.66 Å². The van der Waals surface area contributed by atoms with Crippen LogP contribution in [0.1, 0.15) is 22.8 Å². The van der Waals surface area contributed by atoms with E-state index in [4.69, 9.17) is 26.1 Å². The molecule has 0 amide bonds. The Morgan fingerprint density at radius 1 is 1.18 bits per heavy atom. The summed E-state index contributed by atoms with van der Waals surface area (Å²) in [6, 6.07) is 4.47. The monoisotopic (exact) mass is 515 g/mol. The first-order chi connectivity index (χ1) is 14.9. The summed E-state index contributed by atoms with van der Waals surface area (Å²) in [6.45, 7) is 0.647. The number of aliphatic hydroxyl groups is 2. The molecule has 1 unspecified atom stereocenters. The lowest BCUT2D eigenvalue weighted by Gasteiger charge is -2.27. The molecule has 2 rings (SSSR count). The van der Waals surface area contributed by atoms with Crippen LogP contribution < -0.4 is 4.74 Å². The van der Waals surface area contributed by atoms with E-state index in [9.17, 15) is 42.9 Å². The van der Waals surface area contributed by atoms with Crippen LogP contribution in [-0.4, -0.2) is 42.5 Å². The lowest BCUT2D eigenvalue weighted by atomic mass is 10.1. The van der Waals surface area contributed by atoms with E-state index in [-0.39, 0.29) is 11.5 Å². The molecule has 0 fully saturated rings. The Morgan fingerprint density at radius 3 is 2.27 bits per heavy atom. The second-order valence-corrected chi connectivity index (χ2v) is 8.85. The Morgan fingerprint density at radius 2 is 1.79 bits per heavy atom. The number of ether oxygens (including phenoxy) is 2. The van der Waals surface area contributed by atoms with Gasteiger partial charge in [-0.25, -0.2) is 4.79 Å². The van der Waals surface area contributed by atoms with Crippen LogP contribution in [0.25, 0.3) is 0 Å². The van der Waals surface area contributed by atoms with E-state index >= 15 is 0 Å². The minimum atomic E-state index is -5.16. The Balaban J connectivity index is 2.40. The largest absolute Gasteiger partial charge is 0.456 e. The van der Waals surface area contributed by atoms with E-state index in [1.165, 1.54) is 0 Å². The van der Waals surface area contributed by atoms with Crippen LogP contribution in [0.2, 0.25) is 5.02 Å². The van der Waals surface area contributed by atoms with Crippen LogP contribution in [0.15, 0.2) is 36.4 Å². The number of hydrogen-bond donors (Lipinski definition) is 4. The van der Waals surface area contributed by atoms with Crippen molar-refractivity contribution in [3.63, 3.8) is 0 Å². The fraction of sp³-hybridized carbons (Fsp3) is 0.235. The number of alkyl halides is 3. The Labute approximate surface area is 187 Å². The summed E-state index contributed by atoms with van der Waals surface area (Å²) in [5, 5.41) is 30.2. The lowest BCUT2D eigenvalue weighted by molar-refractivity contribution is -0.385. The number of rotatable bonds is 7. The zero-order valence-electron chi connectivity index (χ0n) is 16.2. The van der Waals surface area contributed by atoms with Gasteiger partial charge in [0.2, 0.25) is 0 Å². The smallest absolute Gasteiger partial charge is 0.416 e. The second-order valence-electron chi connectivity index (χ2n) is 6.49. The molecule has 0 saturated heterocycles. The second kappa shape index (κ2) is 9.25. The SMILES string of the molecule is CC(C(O)(O)OC(=O)c1cc(Oc2ccc(C(F)(F)F)cc2Cl)ccc1[N+](=O)[O-])P(=O)(O)O. The van der Waals surface area contributed by atoms with Crippen molar-refractivity contribution >= 4 is 30.9 Å². The lowest BCUT2D eigenvalue weighted by Crippen LogP contribution is -2.44. The van der Waals surface area contributed by atoms with E-state index in [0.717, 1.165) is 18.2 Å². The molecule has 11 nitrogen and oxygen atoms in total. The number of hydrogen-bond acceptors (Lipinski definition) is 8. The normalized spacial score (nSPS) is 13.4. The third-order valence-corrected chi connectivity index (χ3v) is 5.80. The predicted molar refractivity (Wildman–Crippen MR) is 104 cm³/mol. The van der Waals surface area contributed by atoms with E-state index in [2.05, 4.69) is 4.74 Å². The third-order valence-electron chi connectivity index (χ3n) is 4.16. The van der Waals surface area contributed by atoms with Gasteiger partial charge < -0.3 is 29.5 Å². The van der Waals surface area contributed by atoms with Crippen LogP contribution in [0.5, 0.6) is 11.5 Å². The number of esters is 1. The van der Waals surface area contributed by atoms with Gasteiger partial charge in [-0.2, -0.15) is 13.2 Å². The van der Waals surface area contributed by atoms with Gasteiger partial charge in [-0.3, -0.25) is 14.7 Å². The van der Waals surface area contributed by atoms with Crippen LogP contribution in [0.4, 0.5) is 18.9 Å². The molecule has 33 heavy (non-hydrogen) atoms. The highest BCUT2D eigenvalue weighted by atomic mass is 35.5. The molecule has 2 aromatic carbocycles. The molecule has 180 valence electrons. The molecule has 0 heterocycles. The van der Waals surface area contributed by atoms with Gasteiger partial charge >= 0.3 is 25.7 Å². The van der Waals surface area contributed by atoms with E-state index in [1.807, 2.05) is 0 Å². The average Bonchev–Trinajstić information content (AvgIpc) is 2.66. The van der Waals surface area contributed by atoms with Crippen LogP contribution in [-0.2, 0) is 15.5 Å². The van der Waals surface area contributed by atoms with Gasteiger partial charge in [-0.1, -0.05) is 11.6 Å². The van der Waals surface area contributed by atoms with Gasteiger partial charge in [0.05, 0.1) is 15.5 Å². The molecule has 0 spiro atoms. The fourth-order valence-electron chi connectivity index (χ4n) is 2.28. The maximum Gasteiger partial charge on any atom is 0.416 e. The van der Waals surface area contributed by atoms with E-state index in [0.29, 0.717) is 25.1 Å². The molecule has 16 heteroatoms.